The van der Waals surface area contributed by atoms with E-state index in [4.69, 9.17) is 0 Å². The zero-order valence-electron chi connectivity index (χ0n) is 11.0. The molecule has 20 heavy (non-hydrogen) atoms. The second-order valence-electron chi connectivity index (χ2n) is 4.87. The van der Waals surface area contributed by atoms with Gasteiger partial charge in [-0.3, -0.25) is 0 Å². The quantitative estimate of drug-likeness (QED) is 0.725. The van der Waals surface area contributed by atoms with E-state index in [2.05, 4.69) is 4.57 Å². The van der Waals surface area contributed by atoms with Gasteiger partial charge in [0.2, 0.25) is 0 Å². The third-order valence-electron chi connectivity index (χ3n) is 3.39. The number of aryl methyl sites for hydroxylation is 2. The fraction of sp³-hybridized carbons (Fsp3) is 0.118. The maximum absolute atomic E-state index is 12.8. The number of hydrogen-bond acceptors (Lipinski definition) is 1. The third kappa shape index (κ3) is 2.77. The number of rotatable bonds is 3. The predicted molar refractivity (Wildman–Crippen MR) is 75.9 cm³/mol. The zero-order valence-corrected chi connectivity index (χ0v) is 11.0. The summed E-state index contributed by atoms with van der Waals surface area (Å²) in [5, 5.41) is 11.6. The van der Waals surface area contributed by atoms with Crippen LogP contribution in [0, 0.1) is 5.82 Å². The topological polar surface area (TPSA) is 24.1 Å². The first-order valence-electron chi connectivity index (χ1n) is 6.57. The molecule has 2 aromatic carbocycles. The van der Waals surface area contributed by atoms with Crippen LogP contribution in [0.15, 0.2) is 60.9 Å². The number of pyridine rings is 1. The Morgan fingerprint density at radius 3 is 2.55 bits per heavy atom. The van der Waals surface area contributed by atoms with Crippen molar-refractivity contribution in [2.24, 2.45) is 0 Å². The number of aromatic hydroxyl groups is 1. The second kappa shape index (κ2) is 5.29. The van der Waals surface area contributed by atoms with Gasteiger partial charge < -0.3 is 5.11 Å². The van der Waals surface area contributed by atoms with Gasteiger partial charge >= 0.3 is 0 Å². The highest BCUT2D eigenvalue weighted by molar-refractivity contribution is 5.81. The van der Waals surface area contributed by atoms with Crippen molar-refractivity contribution >= 4 is 10.8 Å². The summed E-state index contributed by atoms with van der Waals surface area (Å²) >= 11 is 0. The molecule has 0 saturated heterocycles. The molecule has 1 heterocycles. The highest BCUT2D eigenvalue weighted by Crippen LogP contribution is 2.17. The third-order valence-corrected chi connectivity index (χ3v) is 3.39. The van der Waals surface area contributed by atoms with Crippen LogP contribution in [0.3, 0.4) is 0 Å². The van der Waals surface area contributed by atoms with Gasteiger partial charge in [0.05, 0.1) is 0 Å². The Morgan fingerprint density at radius 1 is 0.950 bits per heavy atom. The number of nitrogens with zero attached hydrogens (tertiary/aromatic N) is 1. The molecule has 0 unspecified atom stereocenters. The summed E-state index contributed by atoms with van der Waals surface area (Å²) in [4.78, 5) is 0. The van der Waals surface area contributed by atoms with E-state index in [1.807, 2.05) is 36.7 Å². The molecule has 2 nitrogen and oxygen atoms in total. The first kappa shape index (κ1) is 12.6. The van der Waals surface area contributed by atoms with Gasteiger partial charge in [0.25, 0.3) is 0 Å². The number of phenolic OH excluding ortho intramolecular Hbond substituents is 1. The summed E-state index contributed by atoms with van der Waals surface area (Å²) in [5.41, 5.74) is 1.11. The minimum Gasteiger partial charge on any atom is -0.508 e. The monoisotopic (exact) mass is 268 g/mol. The average molecular weight is 268 g/mol. The van der Waals surface area contributed by atoms with Crippen molar-refractivity contribution in [3.8, 4) is 5.75 Å². The molecular formula is C17H15FNO+. The van der Waals surface area contributed by atoms with Crippen molar-refractivity contribution in [1.82, 2.24) is 0 Å². The fourth-order valence-corrected chi connectivity index (χ4v) is 2.27. The van der Waals surface area contributed by atoms with E-state index in [-0.39, 0.29) is 11.6 Å². The first-order chi connectivity index (χ1) is 9.70. The largest absolute Gasteiger partial charge is 0.508 e. The Morgan fingerprint density at radius 2 is 1.75 bits per heavy atom. The minimum atomic E-state index is -0.206. The molecule has 0 bridgehead atoms. The number of benzene rings is 2. The summed E-state index contributed by atoms with van der Waals surface area (Å²) in [7, 11) is 0. The van der Waals surface area contributed by atoms with Crippen LogP contribution in [0.2, 0.25) is 0 Å². The summed E-state index contributed by atoms with van der Waals surface area (Å²) in [6, 6.07) is 14.0. The first-order valence-corrected chi connectivity index (χ1v) is 6.57. The van der Waals surface area contributed by atoms with Crippen LogP contribution in [-0.4, -0.2) is 5.11 Å². The molecule has 0 aliphatic heterocycles. The van der Waals surface area contributed by atoms with E-state index in [9.17, 15) is 9.50 Å². The van der Waals surface area contributed by atoms with Gasteiger partial charge in [-0.15, -0.1) is 0 Å². The Hall–Kier alpha value is -2.42. The Labute approximate surface area is 116 Å². The lowest BCUT2D eigenvalue weighted by Crippen LogP contribution is -2.33. The molecule has 1 N–H and O–H groups in total. The number of phenols is 1. The number of hydrogen-bond donors (Lipinski definition) is 1. The molecule has 0 spiro atoms. The van der Waals surface area contributed by atoms with E-state index in [0.717, 1.165) is 29.3 Å². The normalized spacial score (nSPS) is 10.8. The van der Waals surface area contributed by atoms with Crippen molar-refractivity contribution in [2.75, 3.05) is 0 Å². The summed E-state index contributed by atoms with van der Waals surface area (Å²) in [6.45, 7) is 0.817. The van der Waals surface area contributed by atoms with Crippen molar-refractivity contribution in [3.63, 3.8) is 0 Å². The molecule has 1 aromatic heterocycles. The SMILES string of the molecule is Oc1ccc2cc[n+](CCc3ccc(F)cc3)cc2c1. The summed E-state index contributed by atoms with van der Waals surface area (Å²) in [6.07, 6.45) is 4.87. The predicted octanol–water partition coefficient (Wildman–Crippen LogP) is 3.21. The number of fused-ring (bicyclic) bond motifs is 1. The van der Waals surface area contributed by atoms with E-state index in [1.165, 1.54) is 12.1 Å². The average Bonchev–Trinajstić information content (AvgIpc) is 2.46. The van der Waals surface area contributed by atoms with Crippen LogP contribution < -0.4 is 4.57 Å². The highest BCUT2D eigenvalue weighted by Gasteiger charge is 2.05. The smallest absolute Gasteiger partial charge is 0.176 e. The van der Waals surface area contributed by atoms with Crippen molar-refractivity contribution in [1.29, 1.82) is 0 Å². The van der Waals surface area contributed by atoms with E-state index < -0.39 is 0 Å². The molecule has 100 valence electrons. The minimum absolute atomic E-state index is 0.206. The van der Waals surface area contributed by atoms with Crippen LogP contribution in [0.25, 0.3) is 10.8 Å². The maximum atomic E-state index is 12.8. The Balaban J connectivity index is 1.78. The molecule has 0 aliphatic carbocycles. The molecule has 0 atom stereocenters. The summed E-state index contributed by atoms with van der Waals surface area (Å²) < 4.78 is 14.9. The lowest BCUT2D eigenvalue weighted by Gasteiger charge is -2.01. The molecule has 3 heteroatoms. The van der Waals surface area contributed by atoms with Gasteiger partial charge in [-0.25, -0.2) is 8.96 Å². The molecule has 0 amide bonds. The van der Waals surface area contributed by atoms with Gasteiger partial charge in [0.15, 0.2) is 18.9 Å². The Bertz CT molecular complexity index is 738. The maximum Gasteiger partial charge on any atom is 0.176 e. The lowest BCUT2D eigenvalue weighted by atomic mass is 10.1. The van der Waals surface area contributed by atoms with Gasteiger partial charge in [-0.1, -0.05) is 18.2 Å². The molecule has 0 aliphatic rings. The molecule has 3 aromatic rings. The lowest BCUT2D eigenvalue weighted by molar-refractivity contribution is -0.695. The standard InChI is InChI=1S/C17H14FNO/c18-16-4-1-13(2-5-16)7-9-19-10-8-14-3-6-17(20)11-15(14)12-19/h1-6,8,10-12H,7,9H2/p+1. The summed E-state index contributed by atoms with van der Waals surface area (Å²) in [5.74, 6) is 0.0661. The van der Waals surface area contributed by atoms with Crippen LogP contribution >= 0.6 is 0 Å². The number of aromatic nitrogens is 1. The van der Waals surface area contributed by atoms with E-state index in [1.54, 1.807) is 12.1 Å². The molecule has 0 fully saturated rings. The van der Waals surface area contributed by atoms with Crippen molar-refractivity contribution < 1.29 is 14.1 Å². The van der Waals surface area contributed by atoms with E-state index in [0.29, 0.717) is 0 Å². The van der Waals surface area contributed by atoms with Gasteiger partial charge in [0, 0.05) is 17.9 Å². The molecular weight excluding hydrogens is 253 g/mol. The van der Waals surface area contributed by atoms with Crippen LogP contribution in [0.5, 0.6) is 5.75 Å². The van der Waals surface area contributed by atoms with Gasteiger partial charge in [0.1, 0.15) is 11.6 Å². The Kier molecular flexibility index (Phi) is 3.33. The van der Waals surface area contributed by atoms with Gasteiger partial charge in [-0.2, -0.15) is 0 Å². The zero-order chi connectivity index (χ0) is 13.9. The van der Waals surface area contributed by atoms with E-state index >= 15 is 0 Å². The number of halogens is 1. The highest BCUT2D eigenvalue weighted by atomic mass is 19.1. The molecule has 3 rings (SSSR count). The second-order valence-corrected chi connectivity index (χ2v) is 4.87. The molecule has 0 saturated carbocycles. The van der Waals surface area contributed by atoms with Crippen LogP contribution in [-0.2, 0) is 13.0 Å². The van der Waals surface area contributed by atoms with Crippen molar-refractivity contribution in [2.45, 2.75) is 13.0 Å². The molecule has 0 radical (unpaired) electrons. The fourth-order valence-electron chi connectivity index (χ4n) is 2.27. The van der Waals surface area contributed by atoms with Crippen LogP contribution in [0.4, 0.5) is 4.39 Å². The van der Waals surface area contributed by atoms with Crippen molar-refractivity contribution in [3.05, 3.63) is 72.3 Å². The van der Waals surface area contributed by atoms with Gasteiger partial charge in [-0.05, 0) is 35.2 Å². The van der Waals surface area contributed by atoms with Crippen LogP contribution in [0.1, 0.15) is 5.56 Å².